The maximum Gasteiger partial charge on any atom is 0.204 e. The van der Waals surface area contributed by atoms with Gasteiger partial charge < -0.3 is 14.6 Å². The molecule has 1 aliphatic heterocycles. The van der Waals surface area contributed by atoms with Crippen LogP contribution in [0.2, 0.25) is 0 Å². The number of rotatable bonds is 2. The van der Waals surface area contributed by atoms with Crippen LogP contribution in [0.4, 0.5) is 0 Å². The molecular formula is C10H10Br2O3. The summed E-state index contributed by atoms with van der Waals surface area (Å²) in [4.78, 5) is 0. The van der Waals surface area contributed by atoms with E-state index in [1.54, 1.807) is 6.07 Å². The molecule has 82 valence electrons. The lowest BCUT2D eigenvalue weighted by Gasteiger charge is -2.09. The van der Waals surface area contributed by atoms with Gasteiger partial charge in [0.05, 0.1) is 8.95 Å². The van der Waals surface area contributed by atoms with Crippen LogP contribution >= 0.6 is 31.9 Å². The summed E-state index contributed by atoms with van der Waals surface area (Å²) < 4.78 is 12.2. The van der Waals surface area contributed by atoms with Crippen molar-refractivity contribution in [2.24, 2.45) is 0 Å². The second kappa shape index (κ2) is 4.31. The lowest BCUT2D eigenvalue weighted by atomic mass is 10.1. The smallest absolute Gasteiger partial charge is 0.204 e. The van der Waals surface area contributed by atoms with E-state index in [0.717, 1.165) is 11.3 Å². The molecule has 1 heterocycles. The largest absolute Gasteiger partial charge is 0.506 e. The molecule has 15 heavy (non-hydrogen) atoms. The highest BCUT2D eigenvalue weighted by Gasteiger charge is 2.27. The summed E-state index contributed by atoms with van der Waals surface area (Å²) >= 11 is 6.60. The number of phenolic OH excluding ortho intramolecular Hbond substituents is 1. The van der Waals surface area contributed by atoms with Gasteiger partial charge in [0.15, 0.2) is 0 Å². The highest BCUT2D eigenvalue weighted by atomic mass is 79.9. The zero-order valence-electron chi connectivity index (χ0n) is 8.09. The molecule has 5 heteroatoms. The summed E-state index contributed by atoms with van der Waals surface area (Å²) in [6, 6.07) is 1.76. The highest BCUT2D eigenvalue weighted by molar-refractivity contribution is 9.11. The molecule has 1 aromatic rings. The first-order valence-corrected chi connectivity index (χ1v) is 6.20. The van der Waals surface area contributed by atoms with Crippen LogP contribution < -0.4 is 4.74 Å². The van der Waals surface area contributed by atoms with Crippen molar-refractivity contribution in [3.8, 4) is 11.5 Å². The van der Waals surface area contributed by atoms with Crippen molar-refractivity contribution in [3.63, 3.8) is 0 Å². The van der Waals surface area contributed by atoms with Gasteiger partial charge in [-0.3, -0.25) is 0 Å². The zero-order chi connectivity index (χ0) is 11.0. The Bertz CT molecular complexity index is 393. The van der Waals surface area contributed by atoms with Crippen molar-refractivity contribution in [3.05, 3.63) is 20.6 Å². The number of hydrogen-bond acceptors (Lipinski definition) is 3. The van der Waals surface area contributed by atoms with Crippen molar-refractivity contribution in [1.82, 2.24) is 0 Å². The van der Waals surface area contributed by atoms with Crippen molar-refractivity contribution in [2.45, 2.75) is 19.6 Å². The molecule has 0 amide bonds. The van der Waals surface area contributed by atoms with E-state index in [1.165, 1.54) is 0 Å². The molecule has 0 radical (unpaired) electrons. The molecule has 0 saturated carbocycles. The summed E-state index contributed by atoms with van der Waals surface area (Å²) in [5, 5.41) is 9.70. The number of ether oxygens (including phenoxy) is 2. The fourth-order valence-corrected chi connectivity index (χ4v) is 2.79. The molecule has 1 aromatic carbocycles. The first kappa shape index (κ1) is 11.2. The van der Waals surface area contributed by atoms with Gasteiger partial charge in [-0.05, 0) is 44.8 Å². The Hall–Kier alpha value is -0.260. The van der Waals surface area contributed by atoms with E-state index in [2.05, 4.69) is 31.9 Å². The predicted octanol–water partition coefficient (Wildman–Crippen LogP) is 3.21. The second-order valence-electron chi connectivity index (χ2n) is 3.20. The molecule has 0 spiro atoms. The topological polar surface area (TPSA) is 38.7 Å². The minimum absolute atomic E-state index is 0.203. The van der Waals surface area contributed by atoms with Gasteiger partial charge in [0.2, 0.25) is 6.29 Å². The van der Waals surface area contributed by atoms with Crippen LogP contribution in [0.5, 0.6) is 11.5 Å². The standard InChI is InChI=1S/C10H10Br2O3/c1-2-14-8-3-5-7(15-8)4-6(11)10(13)9(5)12/h4,8,13H,2-3H2,1H3. The van der Waals surface area contributed by atoms with Crippen molar-refractivity contribution in [1.29, 1.82) is 0 Å². The third-order valence-electron chi connectivity index (χ3n) is 2.24. The fourth-order valence-electron chi connectivity index (χ4n) is 1.55. The van der Waals surface area contributed by atoms with E-state index in [0.29, 0.717) is 22.0 Å². The SMILES string of the molecule is CCOC1Cc2c(cc(Br)c(O)c2Br)O1. The minimum atomic E-state index is -0.241. The van der Waals surface area contributed by atoms with E-state index in [9.17, 15) is 5.11 Å². The van der Waals surface area contributed by atoms with Crippen LogP contribution in [-0.2, 0) is 11.2 Å². The normalized spacial score (nSPS) is 18.7. The Morgan fingerprint density at radius 2 is 2.33 bits per heavy atom. The summed E-state index contributed by atoms with van der Waals surface area (Å²) in [6.45, 7) is 2.54. The monoisotopic (exact) mass is 336 g/mol. The van der Waals surface area contributed by atoms with E-state index >= 15 is 0 Å². The van der Waals surface area contributed by atoms with Crippen LogP contribution in [0, 0.1) is 0 Å². The number of fused-ring (bicyclic) bond motifs is 1. The molecule has 0 aliphatic carbocycles. The average Bonchev–Trinajstić information content (AvgIpc) is 2.58. The van der Waals surface area contributed by atoms with Gasteiger partial charge in [-0.1, -0.05) is 0 Å². The van der Waals surface area contributed by atoms with E-state index in [-0.39, 0.29) is 12.0 Å². The molecule has 3 nitrogen and oxygen atoms in total. The Balaban J connectivity index is 2.34. The summed E-state index contributed by atoms with van der Waals surface area (Å²) in [7, 11) is 0. The highest BCUT2D eigenvalue weighted by Crippen LogP contribution is 2.44. The van der Waals surface area contributed by atoms with Crippen molar-refractivity contribution < 1.29 is 14.6 Å². The average molecular weight is 338 g/mol. The molecule has 0 fully saturated rings. The van der Waals surface area contributed by atoms with Gasteiger partial charge >= 0.3 is 0 Å². The summed E-state index contributed by atoms with van der Waals surface area (Å²) in [5.41, 5.74) is 0.953. The Labute approximate surface area is 105 Å². The van der Waals surface area contributed by atoms with Gasteiger partial charge in [-0.25, -0.2) is 0 Å². The van der Waals surface area contributed by atoms with Gasteiger partial charge in [0, 0.05) is 18.6 Å². The molecular weight excluding hydrogens is 328 g/mol. The van der Waals surface area contributed by atoms with Crippen LogP contribution in [0.25, 0.3) is 0 Å². The van der Waals surface area contributed by atoms with E-state index in [1.807, 2.05) is 6.92 Å². The second-order valence-corrected chi connectivity index (χ2v) is 4.85. The number of phenols is 1. The summed E-state index contributed by atoms with van der Waals surface area (Å²) in [5.74, 6) is 0.958. The van der Waals surface area contributed by atoms with E-state index < -0.39 is 0 Å². The maximum atomic E-state index is 9.70. The van der Waals surface area contributed by atoms with Crippen LogP contribution in [0.15, 0.2) is 15.0 Å². The Morgan fingerprint density at radius 3 is 3.00 bits per heavy atom. The van der Waals surface area contributed by atoms with E-state index in [4.69, 9.17) is 9.47 Å². The Kier molecular flexibility index (Phi) is 3.23. The van der Waals surface area contributed by atoms with Gasteiger partial charge in [0.1, 0.15) is 11.5 Å². The fraction of sp³-hybridized carbons (Fsp3) is 0.400. The van der Waals surface area contributed by atoms with Crippen LogP contribution in [-0.4, -0.2) is 18.0 Å². The third kappa shape index (κ3) is 2.00. The first-order valence-electron chi connectivity index (χ1n) is 4.61. The molecule has 1 atom stereocenters. The molecule has 1 aliphatic rings. The number of aromatic hydroxyl groups is 1. The first-order chi connectivity index (χ1) is 7.13. The predicted molar refractivity (Wildman–Crippen MR) is 63.3 cm³/mol. The van der Waals surface area contributed by atoms with Gasteiger partial charge in [-0.15, -0.1) is 0 Å². The lowest BCUT2D eigenvalue weighted by molar-refractivity contribution is -0.0602. The maximum absolute atomic E-state index is 9.70. The minimum Gasteiger partial charge on any atom is -0.506 e. The molecule has 0 aromatic heterocycles. The number of benzene rings is 1. The quantitative estimate of drug-likeness (QED) is 0.900. The molecule has 1 N–H and O–H groups in total. The molecule has 1 unspecified atom stereocenters. The molecule has 0 bridgehead atoms. The number of hydrogen-bond donors (Lipinski definition) is 1. The van der Waals surface area contributed by atoms with Crippen LogP contribution in [0.1, 0.15) is 12.5 Å². The molecule has 0 saturated heterocycles. The lowest BCUT2D eigenvalue weighted by Crippen LogP contribution is -2.16. The summed E-state index contributed by atoms with van der Waals surface area (Å²) in [6.07, 6.45) is 0.417. The van der Waals surface area contributed by atoms with Crippen LogP contribution in [0.3, 0.4) is 0 Å². The molecule has 2 rings (SSSR count). The van der Waals surface area contributed by atoms with Gasteiger partial charge in [-0.2, -0.15) is 0 Å². The number of halogens is 2. The van der Waals surface area contributed by atoms with Gasteiger partial charge in [0.25, 0.3) is 0 Å². The van der Waals surface area contributed by atoms with Crippen molar-refractivity contribution in [2.75, 3.05) is 6.61 Å². The van der Waals surface area contributed by atoms with Crippen molar-refractivity contribution >= 4 is 31.9 Å². The zero-order valence-corrected chi connectivity index (χ0v) is 11.3. The third-order valence-corrected chi connectivity index (χ3v) is 3.69. The Morgan fingerprint density at radius 1 is 1.60 bits per heavy atom.